The van der Waals surface area contributed by atoms with Gasteiger partial charge in [0.25, 0.3) is 0 Å². The van der Waals surface area contributed by atoms with Crippen LogP contribution in [0.1, 0.15) is 36.2 Å². The molecule has 8 nitrogen and oxygen atoms in total. The molecule has 0 saturated carbocycles. The third kappa shape index (κ3) is 5.42. The Morgan fingerprint density at radius 1 is 0.897 bits per heavy atom. The van der Waals surface area contributed by atoms with E-state index in [1.54, 1.807) is 44.9 Å². The van der Waals surface area contributed by atoms with Crippen molar-refractivity contribution in [3.8, 4) is 39.9 Å². The fourth-order valence-electron chi connectivity index (χ4n) is 4.82. The predicted molar refractivity (Wildman–Crippen MR) is 153 cm³/mol. The molecule has 3 aromatic carbocycles. The summed E-state index contributed by atoms with van der Waals surface area (Å²) in [5, 5.41) is 11.8. The summed E-state index contributed by atoms with van der Waals surface area (Å²) in [6, 6.07) is 7.62. The van der Waals surface area contributed by atoms with E-state index in [-0.39, 0.29) is 19.4 Å². The lowest BCUT2D eigenvalue weighted by atomic mass is 9.89. The molecule has 0 radical (unpaired) electrons. The van der Waals surface area contributed by atoms with Crippen LogP contribution in [0.2, 0.25) is 0 Å². The summed E-state index contributed by atoms with van der Waals surface area (Å²) in [4.78, 5) is 14.2. The molecule has 39 heavy (non-hydrogen) atoms. The molecular formula is C29H32O8S2. The summed E-state index contributed by atoms with van der Waals surface area (Å²) in [5.41, 5.74) is 2.18. The first-order chi connectivity index (χ1) is 18.8. The Hall–Kier alpha value is -2.95. The maximum atomic E-state index is 13.2. The number of rotatable bonds is 11. The zero-order valence-electron chi connectivity index (χ0n) is 22.7. The maximum Gasteiger partial charge on any atom is 0.339 e. The Balaban J connectivity index is 1.63. The zero-order chi connectivity index (χ0) is 27.7. The van der Waals surface area contributed by atoms with Gasteiger partial charge in [-0.15, -0.1) is 11.8 Å². The molecule has 0 bridgehead atoms. The van der Waals surface area contributed by atoms with Crippen molar-refractivity contribution in [3.05, 3.63) is 35.4 Å². The summed E-state index contributed by atoms with van der Waals surface area (Å²) >= 11 is 3.45. The van der Waals surface area contributed by atoms with Gasteiger partial charge in [0.05, 0.1) is 32.5 Å². The Morgan fingerprint density at radius 3 is 2.18 bits per heavy atom. The third-order valence-electron chi connectivity index (χ3n) is 6.49. The summed E-state index contributed by atoms with van der Waals surface area (Å²) in [6.07, 6.45) is 0.954. The first kappa shape index (κ1) is 27.6. The molecule has 0 spiro atoms. The lowest BCUT2D eigenvalue weighted by molar-refractivity contribution is 0.0534. The molecule has 5 rings (SSSR count). The number of hydrogen-bond donors (Lipinski definition) is 1. The van der Waals surface area contributed by atoms with Gasteiger partial charge in [-0.05, 0) is 67.0 Å². The summed E-state index contributed by atoms with van der Waals surface area (Å²) in [5.74, 6) is 4.86. The van der Waals surface area contributed by atoms with Crippen molar-refractivity contribution in [2.75, 3.05) is 45.4 Å². The highest BCUT2D eigenvalue weighted by Crippen LogP contribution is 2.50. The van der Waals surface area contributed by atoms with Gasteiger partial charge in [-0.2, -0.15) is 11.8 Å². The van der Waals surface area contributed by atoms with Gasteiger partial charge in [-0.3, -0.25) is 0 Å². The molecule has 2 aliphatic rings. The second kappa shape index (κ2) is 11.3. The van der Waals surface area contributed by atoms with Crippen molar-refractivity contribution in [1.29, 1.82) is 0 Å². The molecule has 1 N–H and O–H groups in total. The minimum atomic E-state index is -0.683. The Morgan fingerprint density at radius 2 is 1.56 bits per heavy atom. The average molecular weight is 573 g/mol. The van der Waals surface area contributed by atoms with E-state index in [0.29, 0.717) is 40.1 Å². The van der Waals surface area contributed by atoms with E-state index >= 15 is 0 Å². The first-order valence-electron chi connectivity index (χ1n) is 12.6. The number of hydrogen-bond acceptors (Lipinski definition) is 10. The highest BCUT2D eigenvalue weighted by Gasteiger charge is 2.33. The topological polar surface area (TPSA) is 92.7 Å². The minimum absolute atomic E-state index is 0.147. The average Bonchev–Trinajstić information content (AvgIpc) is 3.53. The zero-order valence-corrected chi connectivity index (χ0v) is 24.3. The van der Waals surface area contributed by atoms with Gasteiger partial charge in [0.15, 0.2) is 23.0 Å². The smallest absolute Gasteiger partial charge is 0.339 e. The van der Waals surface area contributed by atoms with E-state index in [9.17, 15) is 9.90 Å². The van der Waals surface area contributed by atoms with E-state index in [1.807, 2.05) is 38.1 Å². The Labute approximate surface area is 236 Å². The van der Waals surface area contributed by atoms with Crippen LogP contribution in [-0.2, 0) is 11.3 Å². The number of thioether (sulfide) groups is 2. The minimum Gasteiger partial charge on any atom is -0.493 e. The number of aliphatic hydroxyl groups is 1. The lowest BCUT2D eigenvalue weighted by Crippen LogP contribution is -2.21. The van der Waals surface area contributed by atoms with Crippen molar-refractivity contribution in [2.24, 2.45) is 0 Å². The molecule has 3 aromatic rings. The van der Waals surface area contributed by atoms with Gasteiger partial charge in [0, 0.05) is 27.2 Å². The standard InChI is InChI=1S/C29H32O8S2/c1-29(2,31)14-38-7-6-8-39-27-18-12-21-20(36-15-37-21)11-17(18)24(25-19(27)13-35-28(25)30)16-9-22(32-3)26(34-5)23(10-16)33-4/h9-12,31H,6-8,13-15H2,1-5H3. The SMILES string of the molecule is COc1cc(-c2c3c(c(SCCCSCC(C)(C)O)c4cc5c(cc24)OCO5)COC3=O)cc(OC)c1OC. The molecule has 2 aliphatic heterocycles. The van der Waals surface area contributed by atoms with Gasteiger partial charge in [-0.25, -0.2) is 4.79 Å². The molecule has 0 saturated heterocycles. The van der Waals surface area contributed by atoms with Gasteiger partial charge in [0.2, 0.25) is 12.5 Å². The molecule has 0 unspecified atom stereocenters. The third-order valence-corrected chi connectivity index (χ3v) is 9.23. The molecule has 2 heterocycles. The molecule has 10 heteroatoms. The summed E-state index contributed by atoms with van der Waals surface area (Å²) < 4.78 is 33.8. The monoisotopic (exact) mass is 572 g/mol. The summed E-state index contributed by atoms with van der Waals surface area (Å²) in [6.45, 7) is 3.99. The number of esters is 1. The number of cyclic esters (lactones) is 1. The van der Waals surface area contributed by atoms with Crippen LogP contribution >= 0.6 is 23.5 Å². The molecule has 208 valence electrons. The summed E-state index contributed by atoms with van der Waals surface area (Å²) in [7, 11) is 4.69. The normalized spacial score (nSPS) is 13.9. The van der Waals surface area contributed by atoms with Gasteiger partial charge in [0.1, 0.15) is 6.61 Å². The number of benzene rings is 3. The van der Waals surface area contributed by atoms with Crippen molar-refractivity contribution in [1.82, 2.24) is 0 Å². The second-order valence-electron chi connectivity index (χ2n) is 9.87. The van der Waals surface area contributed by atoms with Crippen LogP contribution in [0.15, 0.2) is 29.2 Å². The maximum absolute atomic E-state index is 13.2. The van der Waals surface area contributed by atoms with Gasteiger partial charge < -0.3 is 33.5 Å². The number of ether oxygens (including phenoxy) is 6. The molecule has 0 fully saturated rings. The van der Waals surface area contributed by atoms with E-state index in [4.69, 9.17) is 28.4 Å². The van der Waals surface area contributed by atoms with Crippen LogP contribution in [0.5, 0.6) is 28.7 Å². The molecular weight excluding hydrogens is 540 g/mol. The first-order valence-corrected chi connectivity index (χ1v) is 14.7. The second-order valence-corrected chi connectivity index (χ2v) is 12.1. The lowest BCUT2D eigenvalue weighted by Gasteiger charge is -2.19. The quantitative estimate of drug-likeness (QED) is 0.170. The molecule has 0 amide bonds. The van der Waals surface area contributed by atoms with Crippen molar-refractivity contribution >= 4 is 40.3 Å². The number of methoxy groups -OCH3 is 3. The highest BCUT2D eigenvalue weighted by molar-refractivity contribution is 8.00. The fourth-order valence-corrected chi connectivity index (χ4v) is 7.15. The number of carbonyl (C=O) groups excluding carboxylic acids is 1. The number of fused-ring (bicyclic) bond motifs is 3. The Bertz CT molecular complexity index is 1390. The van der Waals surface area contributed by atoms with Crippen LogP contribution in [0.25, 0.3) is 21.9 Å². The van der Waals surface area contributed by atoms with Gasteiger partial charge in [-0.1, -0.05) is 0 Å². The van der Waals surface area contributed by atoms with E-state index in [2.05, 4.69) is 0 Å². The van der Waals surface area contributed by atoms with Crippen LogP contribution < -0.4 is 23.7 Å². The largest absolute Gasteiger partial charge is 0.493 e. The predicted octanol–water partition coefficient (Wildman–Crippen LogP) is 5.92. The van der Waals surface area contributed by atoms with Gasteiger partial charge >= 0.3 is 5.97 Å². The van der Waals surface area contributed by atoms with Crippen LogP contribution in [0, 0.1) is 0 Å². The van der Waals surface area contributed by atoms with Crippen LogP contribution in [0.3, 0.4) is 0 Å². The highest BCUT2D eigenvalue weighted by atomic mass is 32.2. The van der Waals surface area contributed by atoms with E-state index in [0.717, 1.165) is 50.3 Å². The molecule has 0 aliphatic carbocycles. The Kier molecular flexibility index (Phi) is 7.98. The van der Waals surface area contributed by atoms with Crippen molar-refractivity contribution in [2.45, 2.75) is 37.4 Å². The number of carbonyl (C=O) groups is 1. The van der Waals surface area contributed by atoms with E-state index in [1.165, 1.54) is 0 Å². The molecule has 0 aromatic heterocycles. The molecule has 0 atom stereocenters. The van der Waals surface area contributed by atoms with Crippen LogP contribution in [-0.4, -0.2) is 62.1 Å². The van der Waals surface area contributed by atoms with Crippen molar-refractivity contribution < 1.29 is 38.3 Å². The fraction of sp³-hybridized carbons (Fsp3) is 0.414. The van der Waals surface area contributed by atoms with Crippen LogP contribution in [0.4, 0.5) is 0 Å². The van der Waals surface area contributed by atoms with E-state index < -0.39 is 5.60 Å². The van der Waals surface area contributed by atoms with Crippen molar-refractivity contribution in [3.63, 3.8) is 0 Å².